The van der Waals surface area contributed by atoms with E-state index in [2.05, 4.69) is 15.6 Å². The molecule has 1 amide bonds. The van der Waals surface area contributed by atoms with Gasteiger partial charge in [0.05, 0.1) is 13.2 Å². The first-order valence-electron chi connectivity index (χ1n) is 6.86. The Morgan fingerprint density at radius 1 is 1.45 bits per heavy atom. The molecule has 1 fully saturated rings. The second kappa shape index (κ2) is 7.81. The second-order valence-corrected chi connectivity index (χ2v) is 4.75. The van der Waals surface area contributed by atoms with Crippen LogP contribution in [0.25, 0.3) is 0 Å². The van der Waals surface area contributed by atoms with Gasteiger partial charge in [-0.2, -0.15) is 0 Å². The summed E-state index contributed by atoms with van der Waals surface area (Å²) in [4.78, 5) is 15.8. The van der Waals surface area contributed by atoms with E-state index >= 15 is 0 Å². The van der Waals surface area contributed by atoms with Crippen LogP contribution in [0.3, 0.4) is 0 Å². The van der Waals surface area contributed by atoms with Crippen molar-refractivity contribution in [3.63, 3.8) is 0 Å². The van der Waals surface area contributed by atoms with E-state index < -0.39 is 0 Å². The minimum absolute atomic E-state index is 0.0978. The Morgan fingerprint density at radius 2 is 2.25 bits per heavy atom. The maximum atomic E-state index is 11.7. The van der Waals surface area contributed by atoms with Crippen LogP contribution in [0.1, 0.15) is 18.4 Å². The molecule has 20 heavy (non-hydrogen) atoms. The highest BCUT2D eigenvalue weighted by Gasteiger charge is 2.14. The van der Waals surface area contributed by atoms with Crippen molar-refractivity contribution in [2.45, 2.75) is 25.5 Å². The summed E-state index contributed by atoms with van der Waals surface area (Å²) in [7, 11) is 1.57. The van der Waals surface area contributed by atoms with Gasteiger partial charge in [-0.25, -0.2) is 4.98 Å². The van der Waals surface area contributed by atoms with Crippen LogP contribution < -0.4 is 15.4 Å². The van der Waals surface area contributed by atoms with Gasteiger partial charge in [-0.05, 0) is 31.5 Å². The predicted molar refractivity (Wildman–Crippen MR) is 74.5 cm³/mol. The lowest BCUT2D eigenvalue weighted by atomic mass is 10.1. The lowest BCUT2D eigenvalue weighted by molar-refractivity contribution is -0.128. The SMILES string of the molecule is COc1ccc(CNC(=O)COC2CCNCC2)cn1. The number of piperidine rings is 1. The molecular weight excluding hydrogens is 258 g/mol. The van der Waals surface area contributed by atoms with Crippen molar-refractivity contribution >= 4 is 5.91 Å². The molecule has 2 heterocycles. The molecule has 1 aliphatic rings. The summed E-state index contributed by atoms with van der Waals surface area (Å²) in [6.45, 7) is 2.49. The highest BCUT2D eigenvalue weighted by molar-refractivity contribution is 5.77. The van der Waals surface area contributed by atoms with Crippen molar-refractivity contribution in [3.8, 4) is 5.88 Å². The topological polar surface area (TPSA) is 72.5 Å². The number of carbonyl (C=O) groups excluding carboxylic acids is 1. The zero-order valence-electron chi connectivity index (χ0n) is 11.7. The molecule has 0 spiro atoms. The molecular formula is C14H21N3O3. The third-order valence-corrected chi connectivity index (χ3v) is 3.23. The van der Waals surface area contributed by atoms with E-state index in [1.807, 2.05) is 6.07 Å². The molecule has 110 valence electrons. The average Bonchev–Trinajstić information content (AvgIpc) is 2.52. The Hall–Kier alpha value is -1.66. The van der Waals surface area contributed by atoms with Crippen molar-refractivity contribution in [1.29, 1.82) is 0 Å². The van der Waals surface area contributed by atoms with Crippen LogP contribution in [0.5, 0.6) is 5.88 Å². The van der Waals surface area contributed by atoms with Gasteiger partial charge in [0.15, 0.2) is 0 Å². The largest absolute Gasteiger partial charge is 0.481 e. The number of amides is 1. The van der Waals surface area contributed by atoms with Crippen molar-refractivity contribution in [2.24, 2.45) is 0 Å². The predicted octanol–water partition coefficient (Wildman–Crippen LogP) is 0.475. The molecule has 0 atom stereocenters. The molecule has 0 saturated carbocycles. The van der Waals surface area contributed by atoms with E-state index in [9.17, 15) is 4.79 Å². The molecule has 1 aliphatic heterocycles. The highest BCUT2D eigenvalue weighted by atomic mass is 16.5. The molecule has 0 aromatic carbocycles. The number of hydrogen-bond donors (Lipinski definition) is 2. The molecule has 1 aromatic heterocycles. The minimum Gasteiger partial charge on any atom is -0.481 e. The van der Waals surface area contributed by atoms with E-state index in [4.69, 9.17) is 9.47 Å². The van der Waals surface area contributed by atoms with E-state index in [0.717, 1.165) is 31.5 Å². The summed E-state index contributed by atoms with van der Waals surface area (Å²) >= 11 is 0. The van der Waals surface area contributed by atoms with Crippen LogP contribution >= 0.6 is 0 Å². The summed E-state index contributed by atoms with van der Waals surface area (Å²) in [5, 5.41) is 6.08. The van der Waals surface area contributed by atoms with Crippen LogP contribution in [0.15, 0.2) is 18.3 Å². The Bertz CT molecular complexity index is 416. The Kier molecular flexibility index (Phi) is 5.76. The molecule has 6 heteroatoms. The standard InChI is InChI=1S/C14H21N3O3/c1-19-14-3-2-11(9-17-14)8-16-13(18)10-20-12-4-6-15-7-5-12/h2-3,9,12,15H,4-8,10H2,1H3,(H,16,18). The van der Waals surface area contributed by atoms with Gasteiger partial charge in [0.25, 0.3) is 0 Å². The lowest BCUT2D eigenvalue weighted by Gasteiger charge is -2.22. The van der Waals surface area contributed by atoms with Crippen molar-refractivity contribution in [1.82, 2.24) is 15.6 Å². The molecule has 1 saturated heterocycles. The number of nitrogens with zero attached hydrogens (tertiary/aromatic N) is 1. The van der Waals surface area contributed by atoms with Gasteiger partial charge < -0.3 is 20.1 Å². The van der Waals surface area contributed by atoms with Gasteiger partial charge in [-0.1, -0.05) is 6.07 Å². The fourth-order valence-electron chi connectivity index (χ4n) is 2.04. The maximum absolute atomic E-state index is 11.7. The maximum Gasteiger partial charge on any atom is 0.246 e. The first-order valence-corrected chi connectivity index (χ1v) is 6.86. The van der Waals surface area contributed by atoms with E-state index in [0.29, 0.717) is 12.4 Å². The molecule has 2 N–H and O–H groups in total. The van der Waals surface area contributed by atoms with Crippen LogP contribution in [0, 0.1) is 0 Å². The van der Waals surface area contributed by atoms with E-state index in [1.54, 1.807) is 19.4 Å². The summed E-state index contributed by atoms with van der Waals surface area (Å²) in [6.07, 6.45) is 3.82. The summed E-state index contributed by atoms with van der Waals surface area (Å²) in [6, 6.07) is 3.65. The van der Waals surface area contributed by atoms with Crippen LogP contribution in [-0.4, -0.2) is 43.8 Å². The zero-order chi connectivity index (χ0) is 14.2. The molecule has 0 radical (unpaired) electrons. The Balaban J connectivity index is 1.66. The van der Waals surface area contributed by atoms with E-state index in [-0.39, 0.29) is 18.6 Å². The lowest BCUT2D eigenvalue weighted by Crippen LogP contribution is -2.35. The molecule has 0 unspecified atom stereocenters. The fourth-order valence-corrected chi connectivity index (χ4v) is 2.04. The van der Waals surface area contributed by atoms with Gasteiger partial charge in [-0.3, -0.25) is 4.79 Å². The first-order chi connectivity index (χ1) is 9.78. The molecule has 1 aromatic rings. The summed E-state index contributed by atoms with van der Waals surface area (Å²) in [5.74, 6) is 0.466. The molecule has 2 rings (SSSR count). The number of pyridine rings is 1. The highest BCUT2D eigenvalue weighted by Crippen LogP contribution is 2.07. The van der Waals surface area contributed by atoms with Crippen LogP contribution in [0.2, 0.25) is 0 Å². The van der Waals surface area contributed by atoms with Gasteiger partial charge in [0.2, 0.25) is 11.8 Å². The molecule has 0 aliphatic carbocycles. The van der Waals surface area contributed by atoms with Crippen molar-refractivity contribution in [2.75, 3.05) is 26.8 Å². The number of carbonyl (C=O) groups is 1. The third kappa shape index (κ3) is 4.79. The number of aromatic nitrogens is 1. The monoisotopic (exact) mass is 279 g/mol. The van der Waals surface area contributed by atoms with Crippen LogP contribution in [0.4, 0.5) is 0 Å². The fraction of sp³-hybridized carbons (Fsp3) is 0.571. The Labute approximate surface area is 118 Å². The first kappa shape index (κ1) is 14.7. The van der Waals surface area contributed by atoms with E-state index in [1.165, 1.54) is 0 Å². The zero-order valence-corrected chi connectivity index (χ0v) is 11.7. The number of rotatable bonds is 6. The molecule has 0 bridgehead atoms. The quantitative estimate of drug-likeness (QED) is 0.792. The second-order valence-electron chi connectivity index (χ2n) is 4.75. The van der Waals surface area contributed by atoms with Gasteiger partial charge in [0.1, 0.15) is 6.61 Å². The van der Waals surface area contributed by atoms with Gasteiger partial charge in [-0.15, -0.1) is 0 Å². The number of hydrogen-bond acceptors (Lipinski definition) is 5. The number of ether oxygens (including phenoxy) is 2. The van der Waals surface area contributed by atoms with Crippen molar-refractivity contribution in [3.05, 3.63) is 23.9 Å². The Morgan fingerprint density at radius 3 is 2.90 bits per heavy atom. The minimum atomic E-state index is -0.0978. The molecule has 6 nitrogen and oxygen atoms in total. The summed E-state index contributed by atoms with van der Waals surface area (Å²) < 4.78 is 10.6. The summed E-state index contributed by atoms with van der Waals surface area (Å²) in [5.41, 5.74) is 0.931. The van der Waals surface area contributed by atoms with Crippen molar-refractivity contribution < 1.29 is 14.3 Å². The number of nitrogens with one attached hydrogen (secondary N) is 2. The third-order valence-electron chi connectivity index (χ3n) is 3.23. The van der Waals surface area contributed by atoms with Crippen LogP contribution in [-0.2, 0) is 16.1 Å². The van der Waals surface area contributed by atoms with Gasteiger partial charge >= 0.3 is 0 Å². The normalized spacial score (nSPS) is 15.8. The van der Waals surface area contributed by atoms with Gasteiger partial charge in [0, 0.05) is 18.8 Å². The smallest absolute Gasteiger partial charge is 0.246 e. The number of methoxy groups -OCH3 is 1. The average molecular weight is 279 g/mol.